The molecule has 0 aliphatic heterocycles. The van der Waals surface area contributed by atoms with Crippen LogP contribution in [-0.4, -0.2) is 46.4 Å². The molecule has 6 nitrogen and oxygen atoms in total. The molecule has 0 aliphatic rings. The van der Waals surface area contributed by atoms with Crippen LogP contribution in [-0.2, 0) is 19.5 Å². The van der Waals surface area contributed by atoms with Crippen molar-refractivity contribution in [2.75, 3.05) is 27.0 Å². The smallest absolute Gasteiger partial charge is 0.245 e. The lowest BCUT2D eigenvalue weighted by atomic mass is 10.3. The van der Waals surface area contributed by atoms with E-state index < -0.39 is 9.84 Å². The van der Waals surface area contributed by atoms with Gasteiger partial charge in [0.05, 0.1) is 18.6 Å². The van der Waals surface area contributed by atoms with Gasteiger partial charge in [-0.05, 0) is 30.7 Å². The van der Waals surface area contributed by atoms with Crippen LogP contribution in [0.2, 0.25) is 0 Å². The molecule has 0 aliphatic carbocycles. The Morgan fingerprint density at radius 3 is 2.35 bits per heavy atom. The number of hydroxylamine groups is 2. The molecule has 1 aromatic carbocycles. The first-order valence-corrected chi connectivity index (χ1v) is 7.97. The third-order valence-corrected chi connectivity index (χ3v) is 3.81. The summed E-state index contributed by atoms with van der Waals surface area (Å²) >= 11 is 0. The van der Waals surface area contributed by atoms with Gasteiger partial charge in [-0.25, -0.2) is 13.5 Å². The summed E-state index contributed by atoms with van der Waals surface area (Å²) in [6.07, 6.45) is 2.03. The Bertz CT molecular complexity index is 538. The molecule has 0 radical (unpaired) electrons. The van der Waals surface area contributed by atoms with Crippen LogP contribution < -0.4 is 4.74 Å². The largest absolute Gasteiger partial charge is 0.494 e. The lowest BCUT2D eigenvalue weighted by molar-refractivity contribution is -0.168. The standard InChI is InChI=1S/C13H19NO5S/c1-14(18-2)13(15)5-4-10-19-11-6-8-12(9-7-11)20(3,16)17/h6-9H,4-5,10H2,1-3H3. The fourth-order valence-electron chi connectivity index (χ4n) is 1.46. The van der Waals surface area contributed by atoms with E-state index in [1.165, 1.54) is 24.3 Å². The third kappa shape index (κ3) is 5.18. The number of benzene rings is 1. The highest BCUT2D eigenvalue weighted by Crippen LogP contribution is 2.16. The van der Waals surface area contributed by atoms with Gasteiger partial charge < -0.3 is 4.74 Å². The summed E-state index contributed by atoms with van der Waals surface area (Å²) in [5.41, 5.74) is 0. The van der Waals surface area contributed by atoms with Crippen LogP contribution in [0.1, 0.15) is 12.8 Å². The minimum absolute atomic E-state index is 0.122. The normalized spacial score (nSPS) is 11.2. The van der Waals surface area contributed by atoms with E-state index in [2.05, 4.69) is 0 Å². The number of hydrogen-bond donors (Lipinski definition) is 0. The average Bonchev–Trinajstić information content (AvgIpc) is 2.42. The summed E-state index contributed by atoms with van der Waals surface area (Å²) in [4.78, 5) is 16.4. The first-order valence-electron chi connectivity index (χ1n) is 6.08. The van der Waals surface area contributed by atoms with Crippen molar-refractivity contribution in [3.8, 4) is 5.75 Å². The molecule has 0 heterocycles. The van der Waals surface area contributed by atoms with Crippen LogP contribution in [0.5, 0.6) is 5.75 Å². The van der Waals surface area contributed by atoms with Crippen molar-refractivity contribution in [3.63, 3.8) is 0 Å². The first-order chi connectivity index (χ1) is 9.34. The van der Waals surface area contributed by atoms with Crippen molar-refractivity contribution < 1.29 is 22.8 Å². The summed E-state index contributed by atoms with van der Waals surface area (Å²) in [7, 11) is -0.211. The quantitative estimate of drug-likeness (QED) is 0.560. The molecular formula is C13H19NO5S. The van der Waals surface area contributed by atoms with Crippen molar-refractivity contribution >= 4 is 15.7 Å². The predicted molar refractivity (Wildman–Crippen MR) is 74.1 cm³/mol. The van der Waals surface area contributed by atoms with Crippen LogP contribution in [0.15, 0.2) is 29.2 Å². The van der Waals surface area contributed by atoms with E-state index >= 15 is 0 Å². The zero-order valence-electron chi connectivity index (χ0n) is 11.8. The fourth-order valence-corrected chi connectivity index (χ4v) is 2.09. The second-order valence-electron chi connectivity index (χ2n) is 4.27. The average molecular weight is 301 g/mol. The predicted octanol–water partition coefficient (Wildman–Crippen LogP) is 1.27. The highest BCUT2D eigenvalue weighted by atomic mass is 32.2. The number of hydrogen-bond acceptors (Lipinski definition) is 5. The van der Waals surface area contributed by atoms with Gasteiger partial charge in [0.2, 0.25) is 5.91 Å². The highest BCUT2D eigenvalue weighted by molar-refractivity contribution is 7.90. The maximum Gasteiger partial charge on any atom is 0.245 e. The summed E-state index contributed by atoms with van der Waals surface area (Å²) < 4.78 is 28.0. The molecule has 0 unspecified atom stereocenters. The van der Waals surface area contributed by atoms with Crippen molar-refractivity contribution in [2.45, 2.75) is 17.7 Å². The molecule has 20 heavy (non-hydrogen) atoms. The Balaban J connectivity index is 2.38. The molecule has 0 spiro atoms. The van der Waals surface area contributed by atoms with Gasteiger partial charge in [-0.2, -0.15) is 0 Å². The molecule has 0 N–H and O–H groups in total. The van der Waals surface area contributed by atoms with Crippen molar-refractivity contribution in [2.24, 2.45) is 0 Å². The molecule has 0 fully saturated rings. The second kappa shape index (κ2) is 7.25. The van der Waals surface area contributed by atoms with Gasteiger partial charge in [0.1, 0.15) is 5.75 Å². The zero-order valence-corrected chi connectivity index (χ0v) is 12.6. The Kier molecular flexibility index (Phi) is 5.97. The Labute approximate surface area is 119 Å². The minimum atomic E-state index is -3.19. The van der Waals surface area contributed by atoms with E-state index in [1.54, 1.807) is 19.2 Å². The molecule has 1 aromatic rings. The van der Waals surface area contributed by atoms with Gasteiger partial charge in [-0.15, -0.1) is 0 Å². The molecule has 0 atom stereocenters. The monoisotopic (exact) mass is 301 g/mol. The van der Waals surface area contributed by atoms with Gasteiger partial charge in [0.25, 0.3) is 0 Å². The SMILES string of the molecule is CON(C)C(=O)CCCOc1ccc(S(C)(=O)=O)cc1. The van der Waals surface area contributed by atoms with E-state index in [0.29, 0.717) is 25.2 Å². The molecule has 0 bridgehead atoms. The van der Waals surface area contributed by atoms with Crippen LogP contribution in [0.3, 0.4) is 0 Å². The molecule has 0 saturated carbocycles. The maximum atomic E-state index is 11.4. The zero-order chi connectivity index (χ0) is 15.2. The van der Waals surface area contributed by atoms with E-state index in [1.807, 2.05) is 0 Å². The maximum absolute atomic E-state index is 11.4. The summed E-state index contributed by atoms with van der Waals surface area (Å²) in [6.45, 7) is 0.377. The number of carbonyl (C=O) groups excluding carboxylic acids is 1. The van der Waals surface area contributed by atoms with Gasteiger partial charge in [-0.3, -0.25) is 9.63 Å². The molecule has 112 valence electrons. The van der Waals surface area contributed by atoms with E-state index in [0.717, 1.165) is 6.26 Å². The molecule has 1 rings (SSSR count). The lowest BCUT2D eigenvalue weighted by Crippen LogP contribution is -2.25. The van der Waals surface area contributed by atoms with E-state index in [4.69, 9.17) is 9.57 Å². The fraction of sp³-hybridized carbons (Fsp3) is 0.462. The van der Waals surface area contributed by atoms with Crippen molar-refractivity contribution in [1.29, 1.82) is 0 Å². The highest BCUT2D eigenvalue weighted by Gasteiger charge is 2.08. The second-order valence-corrected chi connectivity index (χ2v) is 6.29. The minimum Gasteiger partial charge on any atom is -0.494 e. The Hall–Kier alpha value is -1.60. The van der Waals surface area contributed by atoms with E-state index in [-0.39, 0.29) is 10.8 Å². The summed E-state index contributed by atoms with van der Waals surface area (Å²) in [5.74, 6) is 0.452. The van der Waals surface area contributed by atoms with Crippen LogP contribution >= 0.6 is 0 Å². The van der Waals surface area contributed by atoms with Crippen LogP contribution in [0.4, 0.5) is 0 Å². The Morgan fingerprint density at radius 2 is 1.85 bits per heavy atom. The number of ether oxygens (including phenoxy) is 1. The molecule has 1 amide bonds. The summed E-state index contributed by atoms with van der Waals surface area (Å²) in [6, 6.07) is 6.18. The number of amides is 1. The molecule has 7 heteroatoms. The van der Waals surface area contributed by atoms with E-state index in [9.17, 15) is 13.2 Å². The van der Waals surface area contributed by atoms with Crippen LogP contribution in [0, 0.1) is 0 Å². The Morgan fingerprint density at radius 1 is 1.25 bits per heavy atom. The molecule has 0 saturated heterocycles. The number of carbonyl (C=O) groups is 1. The van der Waals surface area contributed by atoms with Gasteiger partial charge in [0.15, 0.2) is 9.84 Å². The van der Waals surface area contributed by atoms with Gasteiger partial charge >= 0.3 is 0 Å². The third-order valence-electron chi connectivity index (χ3n) is 2.68. The molecular weight excluding hydrogens is 282 g/mol. The van der Waals surface area contributed by atoms with Gasteiger partial charge in [0, 0.05) is 19.7 Å². The summed E-state index contributed by atoms with van der Waals surface area (Å²) in [5, 5.41) is 1.17. The van der Waals surface area contributed by atoms with Crippen molar-refractivity contribution in [1.82, 2.24) is 5.06 Å². The van der Waals surface area contributed by atoms with Gasteiger partial charge in [-0.1, -0.05) is 0 Å². The first kappa shape index (κ1) is 16.5. The topological polar surface area (TPSA) is 72.9 Å². The number of nitrogens with zero attached hydrogens (tertiary/aromatic N) is 1. The molecule has 0 aromatic heterocycles. The van der Waals surface area contributed by atoms with Crippen molar-refractivity contribution in [3.05, 3.63) is 24.3 Å². The number of sulfone groups is 1. The van der Waals surface area contributed by atoms with Crippen LogP contribution in [0.25, 0.3) is 0 Å². The number of rotatable bonds is 7. The lowest BCUT2D eigenvalue weighted by Gasteiger charge is -2.13.